The number of carbonyl (C=O) groups is 2. The SMILES string of the molecule is C=C(C)C1=CC(C(=O)OC)(C(=O)OC)[C@@H]2CCC=C[C@H]12. The molecule has 0 saturated heterocycles. The van der Waals surface area contributed by atoms with Gasteiger partial charge in [0.25, 0.3) is 0 Å². The molecule has 2 rings (SSSR count). The van der Waals surface area contributed by atoms with Crippen molar-refractivity contribution in [2.24, 2.45) is 17.3 Å². The standard InChI is InChI=1S/C16H20O4/c1-10(2)12-9-16(14(17)19-3,15(18)20-4)13-8-6-5-7-11(12)13/h5,7,9,11,13H,1,6,8H2,2-4H3/t11-,13-/m1/s1. The van der Waals surface area contributed by atoms with Crippen molar-refractivity contribution in [2.45, 2.75) is 19.8 Å². The maximum atomic E-state index is 12.3. The molecule has 0 heterocycles. The second-order valence-corrected chi connectivity index (χ2v) is 5.37. The van der Waals surface area contributed by atoms with Crippen molar-refractivity contribution in [1.29, 1.82) is 0 Å². The van der Waals surface area contributed by atoms with Crippen molar-refractivity contribution in [1.82, 2.24) is 0 Å². The Hall–Kier alpha value is -1.84. The molecule has 0 bridgehead atoms. The maximum absolute atomic E-state index is 12.3. The first-order chi connectivity index (χ1) is 9.48. The highest BCUT2D eigenvalue weighted by Gasteiger charge is 2.59. The number of hydrogen-bond donors (Lipinski definition) is 0. The van der Waals surface area contributed by atoms with Gasteiger partial charge < -0.3 is 9.47 Å². The number of allylic oxidation sites excluding steroid dienone is 4. The average molecular weight is 276 g/mol. The van der Waals surface area contributed by atoms with E-state index in [4.69, 9.17) is 9.47 Å². The monoisotopic (exact) mass is 276 g/mol. The molecule has 0 radical (unpaired) electrons. The van der Waals surface area contributed by atoms with E-state index < -0.39 is 17.4 Å². The highest BCUT2D eigenvalue weighted by Crippen LogP contribution is 2.53. The van der Waals surface area contributed by atoms with Crippen LogP contribution < -0.4 is 0 Å². The Morgan fingerprint density at radius 1 is 1.30 bits per heavy atom. The molecule has 0 aliphatic heterocycles. The van der Waals surface area contributed by atoms with Crippen LogP contribution in [0.15, 0.2) is 36.0 Å². The Labute approximate surface area is 119 Å². The van der Waals surface area contributed by atoms with Gasteiger partial charge in [0.05, 0.1) is 14.2 Å². The fraction of sp³-hybridized carbons (Fsp3) is 0.500. The Balaban J connectivity index is 2.60. The Morgan fingerprint density at radius 3 is 2.40 bits per heavy atom. The van der Waals surface area contributed by atoms with Crippen molar-refractivity contribution in [3.63, 3.8) is 0 Å². The Kier molecular flexibility index (Phi) is 3.84. The third-order valence-electron chi connectivity index (χ3n) is 4.29. The van der Waals surface area contributed by atoms with E-state index in [9.17, 15) is 9.59 Å². The van der Waals surface area contributed by atoms with Crippen molar-refractivity contribution in [2.75, 3.05) is 14.2 Å². The average Bonchev–Trinajstić information content (AvgIpc) is 2.82. The lowest BCUT2D eigenvalue weighted by Gasteiger charge is -2.33. The zero-order valence-corrected chi connectivity index (χ0v) is 12.1. The van der Waals surface area contributed by atoms with Gasteiger partial charge in [0.2, 0.25) is 0 Å². The van der Waals surface area contributed by atoms with Crippen molar-refractivity contribution >= 4 is 11.9 Å². The van der Waals surface area contributed by atoms with Crippen LogP contribution in [0.2, 0.25) is 0 Å². The van der Waals surface area contributed by atoms with Crippen LogP contribution in [0.25, 0.3) is 0 Å². The van der Waals surface area contributed by atoms with Gasteiger partial charge in [-0.3, -0.25) is 9.59 Å². The summed E-state index contributed by atoms with van der Waals surface area (Å²) in [6, 6.07) is 0. The van der Waals surface area contributed by atoms with E-state index in [1.807, 2.05) is 6.92 Å². The normalized spacial score (nSPS) is 26.4. The molecular formula is C16H20O4. The first-order valence-electron chi connectivity index (χ1n) is 6.71. The number of carbonyl (C=O) groups excluding carboxylic acids is 2. The summed E-state index contributed by atoms with van der Waals surface area (Å²) in [5.74, 6) is -1.23. The van der Waals surface area contributed by atoms with E-state index in [2.05, 4.69) is 18.7 Å². The summed E-state index contributed by atoms with van der Waals surface area (Å²) in [7, 11) is 2.60. The van der Waals surface area contributed by atoms with Crippen molar-refractivity contribution in [3.8, 4) is 0 Å². The third-order valence-corrected chi connectivity index (χ3v) is 4.29. The van der Waals surface area contributed by atoms with Crippen LogP contribution in [0, 0.1) is 17.3 Å². The summed E-state index contributed by atoms with van der Waals surface area (Å²) < 4.78 is 9.80. The highest BCUT2D eigenvalue weighted by molar-refractivity contribution is 6.04. The number of fused-ring (bicyclic) bond motifs is 1. The van der Waals surface area contributed by atoms with Crippen LogP contribution in [0.3, 0.4) is 0 Å². The number of methoxy groups -OCH3 is 2. The van der Waals surface area contributed by atoms with Crippen LogP contribution in [-0.2, 0) is 19.1 Å². The van der Waals surface area contributed by atoms with Gasteiger partial charge in [-0.1, -0.05) is 30.4 Å². The predicted octanol–water partition coefficient (Wildman–Crippen LogP) is 2.42. The second kappa shape index (κ2) is 5.27. The minimum atomic E-state index is -1.34. The Morgan fingerprint density at radius 2 is 1.90 bits per heavy atom. The van der Waals surface area contributed by atoms with Crippen molar-refractivity contribution in [3.05, 3.63) is 36.0 Å². The molecule has 0 spiro atoms. The molecule has 0 aromatic carbocycles. The third kappa shape index (κ3) is 1.90. The molecule has 0 amide bonds. The predicted molar refractivity (Wildman–Crippen MR) is 74.7 cm³/mol. The summed E-state index contributed by atoms with van der Waals surface area (Å²) in [6.45, 7) is 5.84. The first kappa shape index (κ1) is 14.6. The quantitative estimate of drug-likeness (QED) is 0.451. The van der Waals surface area contributed by atoms with Crippen LogP contribution in [0.4, 0.5) is 0 Å². The second-order valence-electron chi connectivity index (χ2n) is 5.37. The fourth-order valence-electron chi connectivity index (χ4n) is 3.36. The van der Waals surface area contributed by atoms with Gasteiger partial charge >= 0.3 is 11.9 Å². The van der Waals surface area contributed by atoms with E-state index in [0.717, 1.165) is 24.0 Å². The summed E-state index contributed by atoms with van der Waals surface area (Å²) in [4.78, 5) is 24.7. The van der Waals surface area contributed by atoms with Gasteiger partial charge in [0.15, 0.2) is 5.41 Å². The molecule has 0 unspecified atom stereocenters. The van der Waals surface area contributed by atoms with Crippen LogP contribution in [0.1, 0.15) is 19.8 Å². The van der Waals surface area contributed by atoms with E-state index in [1.54, 1.807) is 6.08 Å². The number of rotatable bonds is 3. The van der Waals surface area contributed by atoms with Gasteiger partial charge in [0, 0.05) is 5.92 Å². The molecule has 4 nitrogen and oxygen atoms in total. The summed E-state index contributed by atoms with van der Waals surface area (Å²) in [6.07, 6.45) is 7.44. The summed E-state index contributed by atoms with van der Waals surface area (Å²) in [5, 5.41) is 0. The van der Waals surface area contributed by atoms with Gasteiger partial charge in [-0.25, -0.2) is 0 Å². The molecule has 20 heavy (non-hydrogen) atoms. The Bertz CT molecular complexity index is 497. The molecule has 2 atom stereocenters. The van der Waals surface area contributed by atoms with E-state index >= 15 is 0 Å². The lowest BCUT2D eigenvalue weighted by Crippen LogP contribution is -2.45. The molecule has 4 heteroatoms. The largest absolute Gasteiger partial charge is 0.468 e. The summed E-state index contributed by atoms with van der Waals surface area (Å²) >= 11 is 0. The topological polar surface area (TPSA) is 52.6 Å². The van der Waals surface area contributed by atoms with E-state index in [0.29, 0.717) is 0 Å². The zero-order valence-electron chi connectivity index (χ0n) is 12.1. The van der Waals surface area contributed by atoms with Crippen LogP contribution in [-0.4, -0.2) is 26.2 Å². The molecule has 2 aliphatic carbocycles. The maximum Gasteiger partial charge on any atom is 0.327 e. The van der Waals surface area contributed by atoms with Gasteiger partial charge in [0.1, 0.15) is 0 Å². The fourth-order valence-corrected chi connectivity index (χ4v) is 3.36. The minimum Gasteiger partial charge on any atom is -0.468 e. The molecular weight excluding hydrogens is 256 g/mol. The van der Waals surface area contributed by atoms with Gasteiger partial charge in [-0.15, -0.1) is 0 Å². The molecule has 0 fully saturated rings. The number of esters is 2. The van der Waals surface area contributed by atoms with Crippen LogP contribution in [0.5, 0.6) is 0 Å². The number of ether oxygens (including phenoxy) is 2. The lowest BCUT2D eigenvalue weighted by molar-refractivity contribution is -0.169. The molecule has 2 aliphatic rings. The smallest absolute Gasteiger partial charge is 0.327 e. The van der Waals surface area contributed by atoms with E-state index in [1.165, 1.54) is 14.2 Å². The highest BCUT2D eigenvalue weighted by atomic mass is 16.5. The molecule has 108 valence electrons. The summed E-state index contributed by atoms with van der Waals surface area (Å²) in [5.41, 5.74) is 0.454. The minimum absolute atomic E-state index is 0.0273. The molecule has 0 N–H and O–H groups in total. The van der Waals surface area contributed by atoms with Gasteiger partial charge in [-0.2, -0.15) is 0 Å². The van der Waals surface area contributed by atoms with Crippen molar-refractivity contribution < 1.29 is 19.1 Å². The molecule has 0 aromatic heterocycles. The first-order valence-corrected chi connectivity index (χ1v) is 6.71. The van der Waals surface area contributed by atoms with E-state index in [-0.39, 0.29) is 11.8 Å². The van der Waals surface area contributed by atoms with Gasteiger partial charge in [-0.05, 0) is 31.3 Å². The van der Waals surface area contributed by atoms with Crippen LogP contribution >= 0.6 is 0 Å². The molecule has 0 aromatic rings. The molecule has 0 saturated carbocycles. The number of hydrogen-bond acceptors (Lipinski definition) is 4. The lowest BCUT2D eigenvalue weighted by atomic mass is 9.70. The zero-order chi connectivity index (χ0) is 14.9.